The molecule has 19 heavy (non-hydrogen) atoms. The van der Waals surface area contributed by atoms with Gasteiger partial charge in [-0.25, -0.2) is 0 Å². The molecule has 2 aromatic rings. The van der Waals surface area contributed by atoms with Crippen molar-refractivity contribution in [2.75, 3.05) is 11.2 Å². The average molecular weight is 280 g/mol. The number of aryl methyl sites for hydroxylation is 2. The third-order valence-corrected chi connectivity index (χ3v) is 2.99. The lowest BCUT2D eigenvalue weighted by molar-refractivity contribution is 0.516. The molecule has 0 aliphatic carbocycles. The quantitative estimate of drug-likeness (QED) is 0.780. The van der Waals surface area contributed by atoms with Gasteiger partial charge in [-0.3, -0.25) is 0 Å². The highest BCUT2D eigenvalue weighted by atomic mass is 35.5. The molecular formula is C14H18ClN3O. The molecule has 5 heteroatoms. The number of unbranched alkanes of at least 4 members (excludes halogenated alkanes) is 1. The summed E-state index contributed by atoms with van der Waals surface area (Å²) < 4.78 is 5.41. The van der Waals surface area contributed by atoms with Crippen LogP contribution in [-0.4, -0.2) is 16.1 Å². The van der Waals surface area contributed by atoms with Gasteiger partial charge in [-0.15, -0.1) is 16.7 Å². The van der Waals surface area contributed by atoms with Crippen LogP contribution >= 0.6 is 11.6 Å². The number of alkyl halides is 1. The fourth-order valence-electron chi connectivity index (χ4n) is 1.75. The molecule has 1 aromatic heterocycles. The van der Waals surface area contributed by atoms with Crippen molar-refractivity contribution >= 4 is 23.3 Å². The van der Waals surface area contributed by atoms with E-state index >= 15 is 0 Å². The number of anilines is 2. The van der Waals surface area contributed by atoms with Crippen LogP contribution in [0.2, 0.25) is 0 Å². The summed E-state index contributed by atoms with van der Waals surface area (Å²) in [6.07, 6.45) is 4.15. The Morgan fingerprint density at radius 2 is 1.95 bits per heavy atom. The fourth-order valence-corrected chi connectivity index (χ4v) is 1.91. The second-order valence-corrected chi connectivity index (χ2v) is 4.74. The molecular weight excluding hydrogens is 262 g/mol. The van der Waals surface area contributed by atoms with Crippen LogP contribution in [0.4, 0.5) is 11.7 Å². The Kier molecular flexibility index (Phi) is 5.21. The van der Waals surface area contributed by atoms with E-state index in [-0.39, 0.29) is 0 Å². The number of halogens is 1. The van der Waals surface area contributed by atoms with Crippen LogP contribution in [0.5, 0.6) is 0 Å². The third kappa shape index (κ3) is 4.24. The molecule has 0 bridgehead atoms. The molecule has 1 heterocycles. The molecule has 0 saturated heterocycles. The van der Waals surface area contributed by atoms with Gasteiger partial charge in [0.25, 0.3) is 0 Å². The summed E-state index contributed by atoms with van der Waals surface area (Å²) in [4.78, 5) is 0. The minimum absolute atomic E-state index is 0.404. The molecule has 4 nitrogen and oxygen atoms in total. The highest BCUT2D eigenvalue weighted by molar-refractivity contribution is 6.17. The fraction of sp³-hybridized carbons (Fsp3) is 0.429. The second-order valence-electron chi connectivity index (χ2n) is 4.37. The molecule has 0 amide bonds. The zero-order chi connectivity index (χ0) is 13.5. The molecule has 0 saturated carbocycles. The van der Waals surface area contributed by atoms with Crippen molar-refractivity contribution in [1.29, 1.82) is 0 Å². The van der Waals surface area contributed by atoms with E-state index in [9.17, 15) is 0 Å². The van der Waals surface area contributed by atoms with Crippen LogP contribution in [0.1, 0.15) is 31.2 Å². The Bertz CT molecular complexity index is 496. The highest BCUT2D eigenvalue weighted by Crippen LogP contribution is 2.17. The van der Waals surface area contributed by atoms with E-state index in [1.54, 1.807) is 0 Å². The van der Waals surface area contributed by atoms with Gasteiger partial charge in [0.1, 0.15) is 0 Å². The number of nitrogens with zero attached hydrogens (tertiary/aromatic N) is 2. The van der Waals surface area contributed by atoms with Gasteiger partial charge in [-0.1, -0.05) is 30.6 Å². The Balaban J connectivity index is 1.94. The van der Waals surface area contributed by atoms with Gasteiger partial charge in [0.15, 0.2) is 0 Å². The van der Waals surface area contributed by atoms with E-state index in [1.807, 2.05) is 12.1 Å². The van der Waals surface area contributed by atoms with E-state index in [1.165, 1.54) is 18.4 Å². The van der Waals surface area contributed by atoms with Gasteiger partial charge in [0.05, 0.1) is 0 Å². The molecule has 0 aliphatic rings. The lowest BCUT2D eigenvalue weighted by Crippen LogP contribution is -1.91. The highest BCUT2D eigenvalue weighted by Gasteiger charge is 2.05. The van der Waals surface area contributed by atoms with E-state index in [0.29, 0.717) is 24.2 Å². The summed E-state index contributed by atoms with van der Waals surface area (Å²) in [5.41, 5.74) is 2.29. The number of aromatic nitrogens is 2. The van der Waals surface area contributed by atoms with Gasteiger partial charge in [0, 0.05) is 18.0 Å². The smallest absolute Gasteiger partial charge is 0.320 e. The zero-order valence-electron chi connectivity index (χ0n) is 11.0. The predicted octanol–water partition coefficient (Wildman–Crippen LogP) is 3.94. The molecule has 1 N–H and O–H groups in total. The third-order valence-electron chi connectivity index (χ3n) is 2.80. The van der Waals surface area contributed by atoms with E-state index in [0.717, 1.165) is 12.1 Å². The summed E-state index contributed by atoms with van der Waals surface area (Å²) >= 11 is 5.62. The first kappa shape index (κ1) is 13.9. The van der Waals surface area contributed by atoms with Crippen LogP contribution in [0.3, 0.4) is 0 Å². The molecule has 1 aromatic carbocycles. The van der Waals surface area contributed by atoms with Crippen molar-refractivity contribution in [3.63, 3.8) is 0 Å². The standard InChI is InChI=1S/C14H18ClN3O/c1-2-3-4-11-5-7-12(8-6-11)16-14-18-17-13(19-14)9-10-15/h5-8H,2-4,9-10H2,1H3,(H,16,18). The van der Waals surface area contributed by atoms with Gasteiger partial charge in [-0.2, -0.15) is 0 Å². The monoisotopic (exact) mass is 279 g/mol. The number of nitrogens with one attached hydrogen (secondary N) is 1. The van der Waals surface area contributed by atoms with Crippen molar-refractivity contribution in [2.45, 2.75) is 32.6 Å². The van der Waals surface area contributed by atoms with Gasteiger partial charge < -0.3 is 9.73 Å². The maximum Gasteiger partial charge on any atom is 0.320 e. The number of rotatable bonds is 7. The van der Waals surface area contributed by atoms with Crippen molar-refractivity contribution < 1.29 is 4.42 Å². The Labute approximate surface area is 118 Å². The first-order valence-electron chi connectivity index (χ1n) is 6.56. The van der Waals surface area contributed by atoms with Gasteiger partial charge >= 0.3 is 6.01 Å². The second kappa shape index (κ2) is 7.14. The van der Waals surface area contributed by atoms with Crippen molar-refractivity contribution in [1.82, 2.24) is 10.2 Å². The maximum atomic E-state index is 5.62. The predicted molar refractivity (Wildman–Crippen MR) is 77.1 cm³/mol. The van der Waals surface area contributed by atoms with Crippen LogP contribution in [0.25, 0.3) is 0 Å². The van der Waals surface area contributed by atoms with Gasteiger partial charge in [0.2, 0.25) is 5.89 Å². The molecule has 0 radical (unpaired) electrons. The summed E-state index contributed by atoms with van der Waals surface area (Å²) in [7, 11) is 0. The maximum absolute atomic E-state index is 5.62. The van der Waals surface area contributed by atoms with E-state index in [4.69, 9.17) is 16.0 Å². The molecule has 0 fully saturated rings. The SMILES string of the molecule is CCCCc1ccc(Nc2nnc(CCCl)o2)cc1. The molecule has 0 aliphatic heterocycles. The lowest BCUT2D eigenvalue weighted by atomic mass is 10.1. The molecule has 0 unspecified atom stereocenters. The molecule has 0 atom stereocenters. The van der Waals surface area contributed by atoms with E-state index < -0.39 is 0 Å². The van der Waals surface area contributed by atoms with Crippen molar-refractivity contribution in [2.24, 2.45) is 0 Å². The molecule has 0 spiro atoms. The van der Waals surface area contributed by atoms with Crippen LogP contribution in [0, 0.1) is 0 Å². The van der Waals surface area contributed by atoms with Crippen LogP contribution < -0.4 is 5.32 Å². The number of hydrogen-bond acceptors (Lipinski definition) is 4. The van der Waals surface area contributed by atoms with Crippen LogP contribution in [0.15, 0.2) is 28.7 Å². The summed E-state index contributed by atoms with van der Waals surface area (Å²) in [5.74, 6) is 1.03. The normalized spacial score (nSPS) is 10.6. The Hall–Kier alpha value is -1.55. The van der Waals surface area contributed by atoms with E-state index in [2.05, 4.69) is 34.6 Å². The van der Waals surface area contributed by atoms with Gasteiger partial charge in [-0.05, 0) is 30.5 Å². The Morgan fingerprint density at radius 3 is 2.63 bits per heavy atom. The van der Waals surface area contributed by atoms with Crippen molar-refractivity contribution in [3.05, 3.63) is 35.7 Å². The summed E-state index contributed by atoms with van der Waals surface area (Å²) in [6.45, 7) is 2.20. The number of hydrogen-bond donors (Lipinski definition) is 1. The average Bonchev–Trinajstić information content (AvgIpc) is 2.86. The first-order chi connectivity index (χ1) is 9.31. The molecule has 2 rings (SSSR count). The topological polar surface area (TPSA) is 51.0 Å². The largest absolute Gasteiger partial charge is 0.408 e. The minimum Gasteiger partial charge on any atom is -0.408 e. The zero-order valence-corrected chi connectivity index (χ0v) is 11.8. The van der Waals surface area contributed by atoms with Crippen molar-refractivity contribution in [3.8, 4) is 0 Å². The summed E-state index contributed by atoms with van der Waals surface area (Å²) in [5, 5.41) is 10.9. The number of benzene rings is 1. The summed E-state index contributed by atoms with van der Waals surface area (Å²) in [6, 6.07) is 8.69. The lowest BCUT2D eigenvalue weighted by Gasteiger charge is -2.03. The Morgan fingerprint density at radius 1 is 1.16 bits per heavy atom. The van der Waals surface area contributed by atoms with Crippen LogP contribution in [-0.2, 0) is 12.8 Å². The first-order valence-corrected chi connectivity index (χ1v) is 7.09. The minimum atomic E-state index is 0.404. The molecule has 102 valence electrons.